The van der Waals surface area contributed by atoms with Gasteiger partial charge in [0.25, 0.3) is 5.91 Å². The van der Waals surface area contributed by atoms with Crippen LogP contribution in [0.5, 0.6) is 5.75 Å². The number of carbonyl (C=O) groups is 1. The Bertz CT molecular complexity index is 1350. The summed E-state index contributed by atoms with van der Waals surface area (Å²) in [5.74, 6) is -0.495. The number of benzene rings is 1. The van der Waals surface area contributed by atoms with Gasteiger partial charge >= 0.3 is 0 Å². The minimum absolute atomic E-state index is 0.0112. The first-order valence-electron chi connectivity index (χ1n) is 11.6. The van der Waals surface area contributed by atoms with Crippen LogP contribution in [0.25, 0.3) is 0 Å². The summed E-state index contributed by atoms with van der Waals surface area (Å²) in [6.07, 6.45) is 5.12. The van der Waals surface area contributed by atoms with Crippen molar-refractivity contribution in [2.45, 2.75) is 50.2 Å². The van der Waals surface area contributed by atoms with Gasteiger partial charge in [0, 0.05) is 31.0 Å². The summed E-state index contributed by atoms with van der Waals surface area (Å²) >= 11 is 0. The first-order valence-corrected chi connectivity index (χ1v) is 14.9. The second-order valence-electron chi connectivity index (χ2n) is 9.04. The number of hydrogen-bond donors (Lipinski definition) is 2. The third-order valence-corrected chi connectivity index (χ3v) is 9.68. The van der Waals surface area contributed by atoms with E-state index >= 15 is 0 Å². The van der Waals surface area contributed by atoms with Gasteiger partial charge in [-0.05, 0) is 74.1 Å². The smallest absolute Gasteiger partial charge is 0.263 e. The second-order valence-corrected chi connectivity index (χ2v) is 12.9. The number of sulfonamides is 2. The van der Waals surface area contributed by atoms with Crippen LogP contribution in [0.2, 0.25) is 0 Å². The van der Waals surface area contributed by atoms with Crippen LogP contribution in [0.3, 0.4) is 0 Å². The molecule has 1 aliphatic heterocycles. The van der Waals surface area contributed by atoms with Crippen molar-refractivity contribution in [1.29, 1.82) is 0 Å². The van der Waals surface area contributed by atoms with Crippen molar-refractivity contribution < 1.29 is 31.6 Å². The molecule has 2 heterocycles. The Labute approximate surface area is 211 Å². The molecule has 2 aromatic rings. The molecular weight excluding hydrogens is 508 g/mol. The average molecular weight is 539 g/mol. The van der Waals surface area contributed by atoms with Crippen LogP contribution < -0.4 is 10.2 Å². The summed E-state index contributed by atoms with van der Waals surface area (Å²) in [5, 5.41) is 9.01. The predicted molar refractivity (Wildman–Crippen MR) is 130 cm³/mol. The highest BCUT2D eigenvalue weighted by molar-refractivity contribution is 7.89. The van der Waals surface area contributed by atoms with Gasteiger partial charge in [0.15, 0.2) is 0 Å². The number of pyridine rings is 1. The van der Waals surface area contributed by atoms with Crippen molar-refractivity contribution in [3.63, 3.8) is 0 Å². The molecule has 1 aromatic carbocycles. The number of nitrogens with one attached hydrogen (secondary N) is 1. The van der Waals surface area contributed by atoms with E-state index in [1.54, 1.807) is 12.1 Å². The van der Waals surface area contributed by atoms with E-state index in [0.29, 0.717) is 12.4 Å². The van der Waals surface area contributed by atoms with Crippen molar-refractivity contribution in [2.24, 2.45) is 0 Å². The summed E-state index contributed by atoms with van der Waals surface area (Å²) in [6.45, 7) is 1.54. The molecule has 0 bridgehead atoms. The molecule has 1 fully saturated rings. The number of aryl methyl sites for hydroxylation is 2. The minimum Gasteiger partial charge on any atom is -0.489 e. The number of fused-ring (bicyclic) bond motifs is 1. The molecule has 2 N–H and O–H groups in total. The fourth-order valence-corrected chi connectivity index (χ4v) is 7.21. The number of nitrogens with zero attached hydrogens (tertiary/aromatic N) is 3. The number of hydroxylamine groups is 1. The molecule has 4 rings (SSSR count). The number of aromatic nitrogens is 1. The van der Waals surface area contributed by atoms with Gasteiger partial charge < -0.3 is 4.74 Å². The zero-order chi connectivity index (χ0) is 26.1. The molecule has 1 saturated heterocycles. The maximum Gasteiger partial charge on any atom is 0.263 e. The first-order chi connectivity index (χ1) is 17.0. The highest BCUT2D eigenvalue weighted by Gasteiger charge is 2.41. The topological polar surface area (TPSA) is 146 Å². The predicted octanol–water partition coefficient (Wildman–Crippen LogP) is 0.988. The van der Waals surface area contributed by atoms with Crippen LogP contribution >= 0.6 is 0 Å². The SMILES string of the molecule is Cc1cc(COc2ccc(S(=O)(=O)N3CCN(S(C)(=O)=O)C(C(=O)NO)C3)cc2)c2c(n1)CCCC2. The molecule has 196 valence electrons. The normalized spacial score (nSPS) is 19.5. The molecule has 1 aliphatic carbocycles. The Hall–Kier alpha value is -2.58. The van der Waals surface area contributed by atoms with Crippen molar-refractivity contribution >= 4 is 26.0 Å². The Morgan fingerprint density at radius 2 is 1.83 bits per heavy atom. The van der Waals surface area contributed by atoms with E-state index in [-0.39, 0.29) is 18.0 Å². The van der Waals surface area contributed by atoms with Gasteiger partial charge in [-0.1, -0.05) is 0 Å². The molecule has 1 unspecified atom stereocenters. The van der Waals surface area contributed by atoms with Crippen molar-refractivity contribution in [3.05, 3.63) is 52.8 Å². The number of hydrogen-bond acceptors (Lipinski definition) is 8. The van der Waals surface area contributed by atoms with Gasteiger partial charge in [0.2, 0.25) is 20.0 Å². The number of rotatable bonds is 7. The quantitative estimate of drug-likeness (QED) is 0.392. The second kappa shape index (κ2) is 10.4. The van der Waals surface area contributed by atoms with Crippen LogP contribution in [-0.2, 0) is 44.3 Å². The van der Waals surface area contributed by atoms with Gasteiger partial charge in [-0.3, -0.25) is 15.0 Å². The van der Waals surface area contributed by atoms with Gasteiger partial charge in [-0.2, -0.15) is 8.61 Å². The third kappa shape index (κ3) is 5.54. The largest absolute Gasteiger partial charge is 0.489 e. The Kier molecular flexibility index (Phi) is 7.67. The third-order valence-electron chi connectivity index (χ3n) is 6.51. The molecule has 0 radical (unpaired) electrons. The highest BCUT2D eigenvalue weighted by Crippen LogP contribution is 2.27. The molecule has 1 atom stereocenters. The monoisotopic (exact) mass is 538 g/mol. The molecule has 1 amide bonds. The van der Waals surface area contributed by atoms with Crippen molar-refractivity contribution in [3.8, 4) is 5.75 Å². The molecule has 1 aromatic heterocycles. The summed E-state index contributed by atoms with van der Waals surface area (Å²) in [6, 6.07) is 6.61. The minimum atomic E-state index is -4.02. The molecule has 36 heavy (non-hydrogen) atoms. The zero-order valence-electron chi connectivity index (χ0n) is 20.2. The Balaban J connectivity index is 1.47. The van der Waals surface area contributed by atoms with Gasteiger partial charge in [0.05, 0.1) is 11.2 Å². The summed E-state index contributed by atoms with van der Waals surface area (Å²) in [7, 11) is -7.81. The van der Waals surface area contributed by atoms with Crippen LogP contribution in [0, 0.1) is 6.92 Å². The molecule has 11 nitrogen and oxygen atoms in total. The molecule has 13 heteroatoms. The van der Waals surface area contributed by atoms with E-state index in [1.807, 2.05) is 13.0 Å². The number of amides is 1. The number of ether oxygens (including phenoxy) is 1. The van der Waals surface area contributed by atoms with Gasteiger partial charge in [-0.15, -0.1) is 0 Å². The van der Waals surface area contributed by atoms with Gasteiger partial charge in [0.1, 0.15) is 18.4 Å². The standard InChI is InChI=1S/C23H30N4O7S2/c1-16-13-17(20-5-3-4-6-21(20)24-16)15-34-18-7-9-19(10-8-18)36(32,33)26-11-12-27(35(2,30)31)22(14-26)23(28)25-29/h7-10,13,22,29H,3-6,11-12,14-15H2,1-2H3,(H,25,28). The van der Waals surface area contributed by atoms with Crippen LogP contribution in [0.15, 0.2) is 35.2 Å². The van der Waals surface area contributed by atoms with Gasteiger partial charge in [-0.25, -0.2) is 22.3 Å². The van der Waals surface area contributed by atoms with Crippen LogP contribution in [0.1, 0.15) is 35.4 Å². The van der Waals surface area contributed by atoms with E-state index in [9.17, 15) is 21.6 Å². The van der Waals surface area contributed by atoms with E-state index in [2.05, 4.69) is 4.98 Å². The fourth-order valence-electron chi connectivity index (χ4n) is 4.73. The van der Waals surface area contributed by atoms with E-state index in [4.69, 9.17) is 9.94 Å². The number of piperazine rings is 1. The first kappa shape index (κ1) is 26.5. The lowest BCUT2D eigenvalue weighted by atomic mass is 9.92. The average Bonchev–Trinajstić information content (AvgIpc) is 2.86. The highest BCUT2D eigenvalue weighted by atomic mass is 32.2. The Morgan fingerprint density at radius 1 is 1.14 bits per heavy atom. The maximum absolute atomic E-state index is 13.2. The maximum atomic E-state index is 13.2. The zero-order valence-corrected chi connectivity index (χ0v) is 21.8. The van der Waals surface area contributed by atoms with Crippen LogP contribution in [0.4, 0.5) is 0 Å². The van der Waals surface area contributed by atoms with Crippen molar-refractivity contribution in [1.82, 2.24) is 19.1 Å². The van der Waals surface area contributed by atoms with Crippen LogP contribution in [-0.4, -0.2) is 73.5 Å². The lowest BCUT2D eigenvalue weighted by molar-refractivity contribution is -0.134. The van der Waals surface area contributed by atoms with E-state index in [1.165, 1.54) is 23.2 Å². The van der Waals surface area contributed by atoms with E-state index in [0.717, 1.165) is 57.5 Å². The summed E-state index contributed by atoms with van der Waals surface area (Å²) < 4.78 is 58.3. The molecule has 2 aliphatic rings. The summed E-state index contributed by atoms with van der Waals surface area (Å²) in [4.78, 5) is 16.7. The molecule has 0 spiro atoms. The van der Waals surface area contributed by atoms with Crippen molar-refractivity contribution in [2.75, 3.05) is 25.9 Å². The summed E-state index contributed by atoms with van der Waals surface area (Å²) in [5.41, 5.74) is 5.82. The Morgan fingerprint density at radius 3 is 2.50 bits per heavy atom. The van der Waals surface area contributed by atoms with E-state index < -0.39 is 38.5 Å². The lowest BCUT2D eigenvalue weighted by Gasteiger charge is -2.37. The molecular formula is C23H30N4O7S2. The number of carbonyl (C=O) groups excluding carboxylic acids is 1. The molecule has 0 saturated carbocycles. The lowest BCUT2D eigenvalue weighted by Crippen LogP contribution is -2.60. The fraction of sp³-hybridized carbons (Fsp3) is 0.478.